The zero-order valence-electron chi connectivity index (χ0n) is 10.7. The Kier molecular flexibility index (Phi) is 3.29. The summed E-state index contributed by atoms with van der Waals surface area (Å²) in [5.41, 5.74) is 7.77. The van der Waals surface area contributed by atoms with Crippen LogP contribution in [0.5, 0.6) is 5.75 Å². The Bertz CT molecular complexity index is 503. The molecule has 3 rings (SSSR count). The van der Waals surface area contributed by atoms with Gasteiger partial charge in [0.15, 0.2) is 0 Å². The third-order valence-electron chi connectivity index (χ3n) is 3.65. The molecule has 2 aliphatic heterocycles. The molecule has 0 bridgehead atoms. The minimum Gasteiger partial charge on any atom is -0.491 e. The average molecular weight is 263 g/mol. The number of halogens is 1. The second-order valence-corrected chi connectivity index (χ2v) is 4.93. The molecule has 0 saturated carbocycles. The molecule has 2 aliphatic rings. The predicted octanol–water partition coefficient (Wildman–Crippen LogP) is 1.18. The maximum Gasteiger partial charge on any atom is 0.123 e. The third-order valence-corrected chi connectivity index (χ3v) is 3.65. The van der Waals surface area contributed by atoms with E-state index in [1.165, 1.54) is 11.8 Å². The molecule has 0 radical (unpaired) electrons. The van der Waals surface area contributed by atoms with Crippen LogP contribution in [0.15, 0.2) is 30.1 Å². The van der Waals surface area contributed by atoms with E-state index in [1.54, 1.807) is 12.1 Å². The van der Waals surface area contributed by atoms with Crippen LogP contribution in [-0.4, -0.2) is 30.8 Å². The largest absolute Gasteiger partial charge is 0.491 e. The summed E-state index contributed by atoms with van der Waals surface area (Å²) in [5.74, 6) is 0.592. The van der Waals surface area contributed by atoms with Crippen molar-refractivity contribution in [2.24, 2.45) is 5.73 Å². The molecule has 5 heteroatoms. The predicted molar refractivity (Wildman–Crippen MR) is 71.0 cm³/mol. The number of fused-ring (bicyclic) bond motifs is 1. The van der Waals surface area contributed by atoms with Crippen LogP contribution in [0, 0.1) is 5.82 Å². The number of nitrogens with two attached hydrogens (primary N) is 1. The lowest BCUT2D eigenvalue weighted by atomic mass is 10.0. The molecule has 0 fully saturated rings. The topological polar surface area (TPSA) is 50.5 Å². The molecule has 19 heavy (non-hydrogen) atoms. The maximum atomic E-state index is 13.3. The first-order valence-corrected chi connectivity index (χ1v) is 6.58. The smallest absolute Gasteiger partial charge is 0.123 e. The van der Waals surface area contributed by atoms with E-state index in [-0.39, 0.29) is 11.9 Å². The van der Waals surface area contributed by atoms with Crippen molar-refractivity contribution in [2.45, 2.75) is 18.9 Å². The quantitative estimate of drug-likeness (QED) is 0.860. The van der Waals surface area contributed by atoms with Crippen molar-refractivity contribution < 1.29 is 9.13 Å². The Morgan fingerprint density at radius 3 is 3.21 bits per heavy atom. The van der Waals surface area contributed by atoms with Gasteiger partial charge in [-0.3, -0.25) is 0 Å². The van der Waals surface area contributed by atoms with Crippen LogP contribution in [0.4, 0.5) is 4.39 Å². The monoisotopic (exact) mass is 263 g/mol. The van der Waals surface area contributed by atoms with Gasteiger partial charge in [0.05, 0.1) is 12.7 Å². The van der Waals surface area contributed by atoms with Crippen molar-refractivity contribution in [1.29, 1.82) is 0 Å². The van der Waals surface area contributed by atoms with Gasteiger partial charge in [0.25, 0.3) is 0 Å². The first-order valence-electron chi connectivity index (χ1n) is 6.58. The van der Waals surface area contributed by atoms with Crippen molar-refractivity contribution in [2.75, 3.05) is 19.8 Å². The molecular weight excluding hydrogens is 245 g/mol. The van der Waals surface area contributed by atoms with Crippen LogP contribution >= 0.6 is 0 Å². The lowest BCUT2D eigenvalue weighted by Gasteiger charge is -2.34. The summed E-state index contributed by atoms with van der Waals surface area (Å²) in [4.78, 5) is 2.26. The van der Waals surface area contributed by atoms with E-state index in [1.807, 2.05) is 6.20 Å². The van der Waals surface area contributed by atoms with Gasteiger partial charge >= 0.3 is 0 Å². The summed E-state index contributed by atoms with van der Waals surface area (Å²) in [7, 11) is 0. The van der Waals surface area contributed by atoms with Crippen LogP contribution in [-0.2, 0) is 6.42 Å². The van der Waals surface area contributed by atoms with E-state index in [9.17, 15) is 4.39 Å². The lowest BCUT2D eigenvalue weighted by Crippen LogP contribution is -2.43. The van der Waals surface area contributed by atoms with Crippen LogP contribution in [0.25, 0.3) is 0 Å². The van der Waals surface area contributed by atoms with E-state index in [4.69, 9.17) is 10.5 Å². The summed E-state index contributed by atoms with van der Waals surface area (Å²) in [6.07, 6.45) is 3.66. The Morgan fingerprint density at radius 1 is 1.47 bits per heavy atom. The summed E-state index contributed by atoms with van der Waals surface area (Å²) in [5, 5.41) is 3.22. The van der Waals surface area contributed by atoms with Crippen molar-refractivity contribution in [3.63, 3.8) is 0 Å². The van der Waals surface area contributed by atoms with Crippen molar-refractivity contribution in [3.05, 3.63) is 41.5 Å². The number of rotatable bonds is 3. The standard InChI is InChI=1S/C14H18FN3O/c15-11-1-2-14-10(5-11)6-13(8-19-14)18-9-17-7-12(18)3-4-16/h1-2,5,7,13,17H,3-4,6,8-9,16H2/t13-/m1/s1. The highest BCUT2D eigenvalue weighted by molar-refractivity contribution is 5.36. The van der Waals surface area contributed by atoms with Gasteiger partial charge in [0.1, 0.15) is 18.2 Å². The van der Waals surface area contributed by atoms with Gasteiger partial charge in [-0.25, -0.2) is 4.39 Å². The van der Waals surface area contributed by atoms with Crippen LogP contribution < -0.4 is 15.8 Å². The summed E-state index contributed by atoms with van der Waals surface area (Å²) in [6.45, 7) is 2.03. The van der Waals surface area contributed by atoms with Gasteiger partial charge in [-0.05, 0) is 36.7 Å². The minimum atomic E-state index is -0.208. The van der Waals surface area contributed by atoms with Crippen molar-refractivity contribution >= 4 is 0 Å². The fraction of sp³-hybridized carbons (Fsp3) is 0.429. The fourth-order valence-corrected chi connectivity index (χ4v) is 2.72. The number of ether oxygens (including phenoxy) is 1. The number of nitrogens with zero attached hydrogens (tertiary/aromatic N) is 1. The molecule has 4 nitrogen and oxygen atoms in total. The fourth-order valence-electron chi connectivity index (χ4n) is 2.72. The van der Waals surface area contributed by atoms with Gasteiger partial charge in [0.2, 0.25) is 0 Å². The van der Waals surface area contributed by atoms with Crippen LogP contribution in [0.1, 0.15) is 12.0 Å². The van der Waals surface area contributed by atoms with E-state index >= 15 is 0 Å². The average Bonchev–Trinajstić information content (AvgIpc) is 2.86. The molecule has 1 aromatic carbocycles. The van der Waals surface area contributed by atoms with Crippen LogP contribution in [0.2, 0.25) is 0 Å². The van der Waals surface area contributed by atoms with E-state index in [0.29, 0.717) is 13.2 Å². The van der Waals surface area contributed by atoms with E-state index < -0.39 is 0 Å². The highest BCUT2D eigenvalue weighted by Crippen LogP contribution is 2.29. The van der Waals surface area contributed by atoms with Gasteiger partial charge in [0, 0.05) is 18.3 Å². The summed E-state index contributed by atoms with van der Waals surface area (Å²) in [6, 6.07) is 4.95. The summed E-state index contributed by atoms with van der Waals surface area (Å²) >= 11 is 0. The number of nitrogens with one attached hydrogen (secondary N) is 1. The maximum absolute atomic E-state index is 13.3. The second-order valence-electron chi connectivity index (χ2n) is 4.93. The number of hydrogen-bond donors (Lipinski definition) is 2. The normalized spacial score (nSPS) is 21.5. The third kappa shape index (κ3) is 2.38. The molecule has 0 unspecified atom stereocenters. The van der Waals surface area contributed by atoms with Gasteiger partial charge in [-0.15, -0.1) is 0 Å². The van der Waals surface area contributed by atoms with Crippen LogP contribution in [0.3, 0.4) is 0 Å². The van der Waals surface area contributed by atoms with Gasteiger partial charge < -0.3 is 20.7 Å². The zero-order chi connectivity index (χ0) is 13.2. The van der Waals surface area contributed by atoms with Crippen molar-refractivity contribution in [3.8, 4) is 5.75 Å². The molecule has 0 spiro atoms. The van der Waals surface area contributed by atoms with Gasteiger partial charge in [-0.2, -0.15) is 0 Å². The first-order chi connectivity index (χ1) is 9.28. The lowest BCUT2D eigenvalue weighted by molar-refractivity contribution is 0.151. The molecule has 2 heterocycles. The zero-order valence-corrected chi connectivity index (χ0v) is 10.7. The molecular formula is C14H18FN3O. The highest BCUT2D eigenvalue weighted by Gasteiger charge is 2.28. The Labute approximate surface area is 112 Å². The Balaban J connectivity index is 1.76. The molecule has 0 amide bonds. The molecule has 0 saturated heterocycles. The molecule has 0 aliphatic carbocycles. The second kappa shape index (κ2) is 5.09. The Hall–Kier alpha value is -1.75. The SMILES string of the molecule is NCCC1=CNCN1[C@H]1COc2ccc(F)cc2C1. The number of benzene rings is 1. The molecule has 3 N–H and O–H groups in total. The minimum absolute atomic E-state index is 0.208. The molecule has 102 valence electrons. The van der Waals surface area contributed by atoms with Gasteiger partial charge in [-0.1, -0.05) is 0 Å². The molecule has 0 aromatic heterocycles. The van der Waals surface area contributed by atoms with E-state index in [2.05, 4.69) is 10.2 Å². The molecule has 1 aromatic rings. The highest BCUT2D eigenvalue weighted by atomic mass is 19.1. The van der Waals surface area contributed by atoms with Crippen molar-refractivity contribution in [1.82, 2.24) is 10.2 Å². The first kappa shape index (κ1) is 12.3. The number of hydrogen-bond acceptors (Lipinski definition) is 4. The Morgan fingerprint density at radius 2 is 2.37 bits per heavy atom. The van der Waals surface area contributed by atoms with E-state index in [0.717, 1.165) is 30.8 Å². The molecule has 1 atom stereocenters. The summed E-state index contributed by atoms with van der Waals surface area (Å²) < 4.78 is 19.0.